The van der Waals surface area contributed by atoms with Crippen LogP contribution in [0.1, 0.15) is 35.2 Å². The maximum atomic E-state index is 13.1. The van der Waals surface area contributed by atoms with Gasteiger partial charge < -0.3 is 9.64 Å². The predicted octanol–water partition coefficient (Wildman–Crippen LogP) is 2.51. The van der Waals surface area contributed by atoms with Gasteiger partial charge in [-0.3, -0.25) is 14.4 Å². The van der Waals surface area contributed by atoms with Crippen molar-refractivity contribution < 1.29 is 9.53 Å². The first-order chi connectivity index (χ1) is 13.8. The lowest BCUT2D eigenvalue weighted by Crippen LogP contribution is -2.41. The van der Waals surface area contributed by atoms with Gasteiger partial charge in [0.1, 0.15) is 0 Å². The Balaban J connectivity index is 1.30. The van der Waals surface area contributed by atoms with Gasteiger partial charge in [0, 0.05) is 44.1 Å². The number of ether oxygens (including phenoxy) is 1. The molecule has 0 radical (unpaired) electrons. The molecule has 2 aliphatic heterocycles. The Hall–Kier alpha value is -2.18. The van der Waals surface area contributed by atoms with Crippen LogP contribution in [0.2, 0.25) is 0 Å². The molecule has 0 N–H and O–H groups in total. The number of rotatable bonds is 6. The topological polar surface area (TPSA) is 50.6 Å². The molecule has 1 amide bonds. The first-order valence-electron chi connectivity index (χ1n) is 10.4. The Morgan fingerprint density at radius 1 is 1.07 bits per heavy atom. The lowest BCUT2D eigenvalue weighted by molar-refractivity contribution is 0.0332. The number of likely N-dealkylation sites (tertiary alicyclic amines) is 1. The minimum atomic E-state index is 0.161. The average molecular weight is 383 g/mol. The number of morpholine rings is 1. The molecule has 2 aliphatic rings. The zero-order chi connectivity index (χ0) is 19.2. The number of amides is 1. The normalized spacial score (nSPS) is 19.1. The van der Waals surface area contributed by atoms with Gasteiger partial charge >= 0.3 is 0 Å². The van der Waals surface area contributed by atoms with Crippen LogP contribution in [0, 0.1) is 5.92 Å². The summed E-state index contributed by atoms with van der Waals surface area (Å²) < 4.78 is 7.29. The number of carbonyl (C=O) groups is 1. The van der Waals surface area contributed by atoms with Gasteiger partial charge in [0.25, 0.3) is 5.91 Å². The van der Waals surface area contributed by atoms with Gasteiger partial charge in [-0.15, -0.1) is 0 Å². The lowest BCUT2D eigenvalue weighted by atomic mass is 9.92. The van der Waals surface area contributed by atoms with Crippen molar-refractivity contribution in [1.29, 1.82) is 0 Å². The molecule has 1 aromatic carbocycles. The van der Waals surface area contributed by atoms with Gasteiger partial charge in [-0.1, -0.05) is 18.2 Å². The molecule has 0 aliphatic carbocycles. The molecule has 150 valence electrons. The Labute approximate surface area is 167 Å². The summed E-state index contributed by atoms with van der Waals surface area (Å²) in [6, 6.07) is 9.84. The Kier molecular flexibility index (Phi) is 6.39. The van der Waals surface area contributed by atoms with E-state index in [2.05, 4.69) is 10.00 Å². The van der Waals surface area contributed by atoms with Crippen molar-refractivity contribution in [2.45, 2.75) is 25.8 Å². The maximum absolute atomic E-state index is 13.1. The standard InChI is InChI=1S/C22H30N4O2/c27-22(21-5-2-1-4-20(21)18-26-10-3-9-23-26)25-12-7-19(8-13-25)6-11-24-14-16-28-17-15-24/h1-5,9-10,19H,6-8,11-18H2. The Bertz CT molecular complexity index is 748. The molecule has 1 aromatic heterocycles. The summed E-state index contributed by atoms with van der Waals surface area (Å²) in [6.45, 7) is 7.37. The molecule has 0 atom stereocenters. The highest BCUT2D eigenvalue weighted by atomic mass is 16.5. The monoisotopic (exact) mass is 382 g/mol. The van der Waals surface area contributed by atoms with Crippen molar-refractivity contribution in [2.24, 2.45) is 5.92 Å². The molecular formula is C22H30N4O2. The van der Waals surface area contributed by atoms with Crippen LogP contribution in [0.25, 0.3) is 0 Å². The van der Waals surface area contributed by atoms with Crippen LogP contribution < -0.4 is 0 Å². The third-order valence-corrected chi connectivity index (χ3v) is 6.00. The van der Waals surface area contributed by atoms with Gasteiger partial charge in [0.05, 0.1) is 19.8 Å². The molecule has 0 saturated carbocycles. The summed E-state index contributed by atoms with van der Waals surface area (Å²) in [5.41, 5.74) is 1.84. The Morgan fingerprint density at radius 2 is 1.86 bits per heavy atom. The van der Waals surface area contributed by atoms with Crippen molar-refractivity contribution in [2.75, 3.05) is 45.9 Å². The molecule has 2 saturated heterocycles. The molecule has 28 heavy (non-hydrogen) atoms. The van der Waals surface area contributed by atoms with Crippen LogP contribution in [0.4, 0.5) is 0 Å². The van der Waals surface area contributed by atoms with E-state index in [1.54, 1.807) is 6.20 Å². The van der Waals surface area contributed by atoms with E-state index < -0.39 is 0 Å². The van der Waals surface area contributed by atoms with E-state index in [1.165, 1.54) is 6.42 Å². The predicted molar refractivity (Wildman–Crippen MR) is 108 cm³/mol. The van der Waals surface area contributed by atoms with E-state index in [0.717, 1.165) is 75.8 Å². The summed E-state index contributed by atoms with van der Waals surface area (Å²) in [7, 11) is 0. The number of aromatic nitrogens is 2. The van der Waals surface area contributed by atoms with Crippen molar-refractivity contribution in [3.63, 3.8) is 0 Å². The van der Waals surface area contributed by atoms with Crippen LogP contribution in [0.15, 0.2) is 42.7 Å². The SMILES string of the molecule is O=C(c1ccccc1Cn1cccn1)N1CCC(CCN2CCOCC2)CC1. The van der Waals surface area contributed by atoms with Crippen molar-refractivity contribution in [3.05, 3.63) is 53.9 Å². The van der Waals surface area contributed by atoms with Crippen molar-refractivity contribution >= 4 is 5.91 Å². The summed E-state index contributed by atoms with van der Waals surface area (Å²) in [4.78, 5) is 17.7. The average Bonchev–Trinajstić information content (AvgIpc) is 3.26. The van der Waals surface area contributed by atoms with Crippen LogP contribution in [-0.2, 0) is 11.3 Å². The molecule has 2 aromatic rings. The van der Waals surface area contributed by atoms with E-state index in [-0.39, 0.29) is 5.91 Å². The number of carbonyl (C=O) groups excluding carboxylic acids is 1. The molecule has 0 bridgehead atoms. The quantitative estimate of drug-likeness (QED) is 0.770. The summed E-state index contributed by atoms with van der Waals surface area (Å²) >= 11 is 0. The van der Waals surface area contributed by atoms with Gasteiger partial charge in [-0.25, -0.2) is 0 Å². The first kappa shape index (κ1) is 19.2. The van der Waals surface area contributed by atoms with Crippen molar-refractivity contribution in [1.82, 2.24) is 19.6 Å². The molecular weight excluding hydrogens is 352 g/mol. The van der Waals surface area contributed by atoms with Crippen LogP contribution in [0.5, 0.6) is 0 Å². The highest BCUT2D eigenvalue weighted by Gasteiger charge is 2.25. The molecule has 4 rings (SSSR count). The summed E-state index contributed by atoms with van der Waals surface area (Å²) in [5, 5.41) is 4.27. The minimum Gasteiger partial charge on any atom is -0.379 e. The smallest absolute Gasteiger partial charge is 0.254 e. The number of nitrogens with zero attached hydrogens (tertiary/aromatic N) is 4. The summed E-state index contributed by atoms with van der Waals surface area (Å²) in [6.07, 6.45) is 7.15. The molecule has 3 heterocycles. The van der Waals surface area contributed by atoms with E-state index in [4.69, 9.17) is 4.74 Å². The third kappa shape index (κ3) is 4.80. The minimum absolute atomic E-state index is 0.161. The second-order valence-corrected chi connectivity index (χ2v) is 7.84. The fourth-order valence-electron chi connectivity index (χ4n) is 4.22. The number of piperidine rings is 1. The lowest BCUT2D eigenvalue weighted by Gasteiger charge is -2.34. The Morgan fingerprint density at radius 3 is 2.61 bits per heavy atom. The van der Waals surface area contributed by atoms with E-state index in [0.29, 0.717) is 6.54 Å². The van der Waals surface area contributed by atoms with Gasteiger partial charge in [-0.05, 0) is 49.4 Å². The van der Waals surface area contributed by atoms with Gasteiger partial charge in [-0.2, -0.15) is 5.10 Å². The molecule has 6 heteroatoms. The van der Waals surface area contributed by atoms with E-state index in [1.807, 2.05) is 46.1 Å². The van der Waals surface area contributed by atoms with Crippen molar-refractivity contribution in [3.8, 4) is 0 Å². The second kappa shape index (κ2) is 9.34. The molecule has 0 spiro atoms. The fraction of sp³-hybridized carbons (Fsp3) is 0.545. The number of hydrogen-bond acceptors (Lipinski definition) is 4. The second-order valence-electron chi connectivity index (χ2n) is 7.84. The largest absolute Gasteiger partial charge is 0.379 e. The molecule has 0 unspecified atom stereocenters. The molecule has 6 nitrogen and oxygen atoms in total. The van der Waals surface area contributed by atoms with Crippen LogP contribution in [-0.4, -0.2) is 71.4 Å². The number of hydrogen-bond donors (Lipinski definition) is 0. The summed E-state index contributed by atoms with van der Waals surface area (Å²) in [5.74, 6) is 0.889. The van der Waals surface area contributed by atoms with E-state index >= 15 is 0 Å². The van der Waals surface area contributed by atoms with Crippen LogP contribution in [0.3, 0.4) is 0 Å². The first-order valence-corrected chi connectivity index (χ1v) is 10.4. The third-order valence-electron chi connectivity index (χ3n) is 6.00. The highest BCUT2D eigenvalue weighted by molar-refractivity contribution is 5.95. The van der Waals surface area contributed by atoms with Crippen LogP contribution >= 0.6 is 0 Å². The maximum Gasteiger partial charge on any atom is 0.254 e. The molecule has 2 fully saturated rings. The zero-order valence-corrected chi connectivity index (χ0v) is 16.5. The van der Waals surface area contributed by atoms with Gasteiger partial charge in [0.2, 0.25) is 0 Å². The van der Waals surface area contributed by atoms with Gasteiger partial charge in [0.15, 0.2) is 0 Å². The zero-order valence-electron chi connectivity index (χ0n) is 16.5. The fourth-order valence-corrected chi connectivity index (χ4v) is 4.22. The van der Waals surface area contributed by atoms with E-state index in [9.17, 15) is 4.79 Å². The highest BCUT2D eigenvalue weighted by Crippen LogP contribution is 2.23. The number of benzene rings is 1.